The highest BCUT2D eigenvalue weighted by Crippen LogP contribution is 2.58. The molecule has 0 aromatic carbocycles. The Morgan fingerprint density at radius 3 is 2.61 bits per heavy atom. The maximum atomic E-state index is 12.2. The molecule has 0 aliphatic heterocycles. The van der Waals surface area contributed by atoms with Crippen LogP contribution in [0, 0.1) is 0 Å². The summed E-state index contributed by atoms with van der Waals surface area (Å²) in [5.41, 5.74) is 6.13. The van der Waals surface area contributed by atoms with Crippen molar-refractivity contribution in [1.82, 2.24) is 15.1 Å². The number of rotatable bonds is 4. The molecule has 0 atom stereocenters. The van der Waals surface area contributed by atoms with Crippen molar-refractivity contribution in [3.8, 4) is 0 Å². The quantitative estimate of drug-likeness (QED) is 0.876. The molecule has 4 fully saturated rings. The minimum Gasteiger partial charge on any atom is -0.346 e. The van der Waals surface area contributed by atoms with E-state index in [2.05, 4.69) is 15.2 Å². The predicted molar refractivity (Wildman–Crippen MR) is 72.4 cm³/mol. The van der Waals surface area contributed by atoms with Crippen molar-refractivity contribution in [3.05, 3.63) is 18.0 Å². The van der Waals surface area contributed by atoms with Crippen molar-refractivity contribution in [2.24, 2.45) is 5.73 Å². The molecule has 9 heteroatoms. The van der Waals surface area contributed by atoms with Crippen molar-refractivity contribution < 1.29 is 22.7 Å². The third kappa shape index (κ3) is 2.61. The van der Waals surface area contributed by atoms with Gasteiger partial charge in [0.25, 0.3) is 5.91 Å². The summed E-state index contributed by atoms with van der Waals surface area (Å²) in [6, 6.07) is -0.161. The molecule has 3 N–H and O–H groups in total. The second kappa shape index (κ2) is 4.47. The lowest BCUT2D eigenvalue weighted by atomic mass is 9.44. The van der Waals surface area contributed by atoms with Crippen LogP contribution in [-0.2, 0) is 4.74 Å². The Kier molecular flexibility index (Phi) is 2.91. The van der Waals surface area contributed by atoms with E-state index in [1.165, 1.54) is 10.9 Å². The fourth-order valence-electron chi connectivity index (χ4n) is 4.01. The molecular weight excluding hydrogens is 313 g/mol. The molecule has 126 valence electrons. The van der Waals surface area contributed by atoms with Gasteiger partial charge in [0, 0.05) is 17.3 Å². The number of halogens is 3. The van der Waals surface area contributed by atoms with Gasteiger partial charge in [-0.2, -0.15) is 5.10 Å². The molecule has 1 aromatic rings. The maximum absolute atomic E-state index is 12.2. The summed E-state index contributed by atoms with van der Waals surface area (Å²) in [6.07, 6.45) is 0.474. The SMILES string of the molecule is NC12CC(NC(=O)c3cnn(C4CC(OC(F)(F)F)C4)c3)(C1)C2. The Balaban J connectivity index is 1.31. The van der Waals surface area contributed by atoms with Crippen molar-refractivity contribution >= 4 is 5.91 Å². The molecule has 2 bridgehead atoms. The molecule has 23 heavy (non-hydrogen) atoms. The van der Waals surface area contributed by atoms with Crippen LogP contribution < -0.4 is 11.1 Å². The second-order valence-corrected chi connectivity index (χ2v) is 7.15. The molecule has 0 unspecified atom stereocenters. The average molecular weight is 330 g/mol. The first kappa shape index (κ1) is 14.9. The molecular formula is C14H17F3N4O2. The summed E-state index contributed by atoms with van der Waals surface area (Å²) in [7, 11) is 0. The second-order valence-electron chi connectivity index (χ2n) is 7.15. The van der Waals surface area contributed by atoms with Crippen molar-refractivity contribution in [1.29, 1.82) is 0 Å². The van der Waals surface area contributed by atoms with Gasteiger partial charge < -0.3 is 11.1 Å². The smallest absolute Gasteiger partial charge is 0.346 e. The number of nitrogens with zero attached hydrogens (tertiary/aromatic N) is 2. The summed E-state index contributed by atoms with van der Waals surface area (Å²) in [5, 5.41) is 7.07. The van der Waals surface area contributed by atoms with Gasteiger partial charge in [-0.1, -0.05) is 0 Å². The molecule has 0 saturated heterocycles. The highest BCUT2D eigenvalue weighted by atomic mass is 19.4. The molecule has 4 aliphatic carbocycles. The van der Waals surface area contributed by atoms with E-state index in [1.807, 2.05) is 0 Å². The van der Waals surface area contributed by atoms with E-state index >= 15 is 0 Å². The van der Waals surface area contributed by atoms with Gasteiger partial charge in [-0.05, 0) is 32.1 Å². The molecule has 4 aliphatic rings. The van der Waals surface area contributed by atoms with E-state index in [9.17, 15) is 18.0 Å². The number of ether oxygens (including phenoxy) is 1. The number of nitrogens with one attached hydrogen (secondary N) is 1. The zero-order valence-electron chi connectivity index (χ0n) is 12.3. The highest BCUT2D eigenvalue weighted by molar-refractivity contribution is 5.94. The largest absolute Gasteiger partial charge is 0.522 e. The fraction of sp³-hybridized carbons (Fsp3) is 0.714. The van der Waals surface area contributed by atoms with Gasteiger partial charge in [0.1, 0.15) is 0 Å². The number of carbonyl (C=O) groups is 1. The van der Waals surface area contributed by atoms with Crippen LogP contribution in [0.3, 0.4) is 0 Å². The van der Waals surface area contributed by atoms with Crippen LogP contribution in [0.15, 0.2) is 12.4 Å². The van der Waals surface area contributed by atoms with Gasteiger partial charge in [0.2, 0.25) is 0 Å². The topological polar surface area (TPSA) is 82.2 Å². The molecule has 1 amide bonds. The standard InChI is InChI=1S/C14H17F3N4O2/c15-14(16,17)23-10-1-9(2-10)21-4-8(3-19-21)11(22)20-13-5-12(18,6-13)7-13/h3-4,9-10H,1-2,5-7,18H2,(H,20,22). The molecule has 6 nitrogen and oxygen atoms in total. The molecule has 1 aromatic heterocycles. The minimum atomic E-state index is -4.60. The van der Waals surface area contributed by atoms with E-state index < -0.39 is 12.5 Å². The lowest BCUT2D eigenvalue weighted by Gasteiger charge is -2.68. The zero-order valence-corrected chi connectivity index (χ0v) is 12.3. The van der Waals surface area contributed by atoms with Crippen LogP contribution in [0.25, 0.3) is 0 Å². The Morgan fingerprint density at radius 2 is 2.04 bits per heavy atom. The van der Waals surface area contributed by atoms with Crippen LogP contribution in [0.1, 0.15) is 48.5 Å². The van der Waals surface area contributed by atoms with Gasteiger partial charge >= 0.3 is 6.36 Å². The van der Waals surface area contributed by atoms with E-state index in [-0.39, 0.29) is 35.9 Å². The van der Waals surface area contributed by atoms with Crippen LogP contribution in [0.2, 0.25) is 0 Å². The summed E-state index contributed by atoms with van der Waals surface area (Å²) in [6.45, 7) is 0. The predicted octanol–water partition coefficient (Wildman–Crippen LogP) is 1.49. The molecule has 0 radical (unpaired) electrons. The zero-order chi connectivity index (χ0) is 16.5. The van der Waals surface area contributed by atoms with E-state index in [4.69, 9.17) is 5.73 Å². The van der Waals surface area contributed by atoms with Gasteiger partial charge in [-0.25, -0.2) is 0 Å². The van der Waals surface area contributed by atoms with Crippen molar-refractivity contribution in [3.63, 3.8) is 0 Å². The normalized spacial score (nSPS) is 38.3. The third-order valence-electron chi connectivity index (χ3n) is 5.06. The Hall–Kier alpha value is -1.61. The monoisotopic (exact) mass is 330 g/mol. The van der Waals surface area contributed by atoms with Gasteiger partial charge in [-0.3, -0.25) is 14.2 Å². The number of hydrogen-bond acceptors (Lipinski definition) is 4. The molecule has 0 spiro atoms. The number of amides is 1. The molecule has 1 heterocycles. The van der Waals surface area contributed by atoms with Gasteiger partial charge in [0.05, 0.1) is 23.9 Å². The van der Waals surface area contributed by atoms with E-state index in [0.717, 1.165) is 19.3 Å². The summed E-state index contributed by atoms with van der Waals surface area (Å²) in [5.74, 6) is -0.208. The van der Waals surface area contributed by atoms with Crippen LogP contribution in [-0.4, -0.2) is 39.2 Å². The Bertz CT molecular complexity index is 631. The lowest BCUT2D eigenvalue weighted by molar-refractivity contribution is -0.353. The number of hydrogen-bond donors (Lipinski definition) is 2. The van der Waals surface area contributed by atoms with Crippen LogP contribution in [0.5, 0.6) is 0 Å². The molecule has 4 saturated carbocycles. The van der Waals surface area contributed by atoms with Crippen molar-refractivity contribution in [2.75, 3.05) is 0 Å². The molecule has 5 rings (SSSR count). The number of carbonyl (C=O) groups excluding carboxylic acids is 1. The minimum absolute atomic E-state index is 0.0864. The first-order chi connectivity index (χ1) is 10.7. The summed E-state index contributed by atoms with van der Waals surface area (Å²) >= 11 is 0. The summed E-state index contributed by atoms with van der Waals surface area (Å²) in [4.78, 5) is 12.2. The Morgan fingerprint density at radius 1 is 1.39 bits per heavy atom. The fourth-order valence-corrected chi connectivity index (χ4v) is 4.01. The van der Waals surface area contributed by atoms with E-state index in [1.54, 1.807) is 6.20 Å². The van der Waals surface area contributed by atoms with Crippen LogP contribution >= 0.6 is 0 Å². The first-order valence-corrected chi connectivity index (χ1v) is 7.56. The van der Waals surface area contributed by atoms with Crippen LogP contribution in [0.4, 0.5) is 13.2 Å². The average Bonchev–Trinajstić information content (AvgIpc) is 2.77. The van der Waals surface area contributed by atoms with E-state index in [0.29, 0.717) is 5.56 Å². The maximum Gasteiger partial charge on any atom is 0.522 e. The lowest BCUT2D eigenvalue weighted by Crippen LogP contribution is -2.82. The Labute approximate surface area is 130 Å². The van der Waals surface area contributed by atoms with Crippen molar-refractivity contribution in [2.45, 2.75) is 61.7 Å². The number of alkyl halides is 3. The number of nitrogens with two attached hydrogens (primary N) is 1. The van der Waals surface area contributed by atoms with Gasteiger partial charge in [-0.15, -0.1) is 13.2 Å². The number of aromatic nitrogens is 2. The summed E-state index contributed by atoms with van der Waals surface area (Å²) < 4.78 is 41.8. The highest BCUT2D eigenvalue weighted by Gasteiger charge is 2.66. The van der Waals surface area contributed by atoms with Gasteiger partial charge in [0.15, 0.2) is 0 Å². The first-order valence-electron chi connectivity index (χ1n) is 7.56. The third-order valence-corrected chi connectivity index (χ3v) is 5.06.